The lowest BCUT2D eigenvalue weighted by Crippen LogP contribution is -2.61. The van der Waals surface area contributed by atoms with Crippen molar-refractivity contribution in [2.24, 2.45) is 0 Å². The first-order chi connectivity index (χ1) is 16.8. The lowest BCUT2D eigenvalue weighted by atomic mass is 9.77. The molecule has 2 N–H and O–H groups in total. The summed E-state index contributed by atoms with van der Waals surface area (Å²) in [6.07, 6.45) is 2.71. The van der Waals surface area contributed by atoms with Crippen LogP contribution in [0.15, 0.2) is 29.2 Å². The molecule has 1 fully saturated rings. The van der Waals surface area contributed by atoms with Gasteiger partial charge in [-0.15, -0.1) is 0 Å². The Labute approximate surface area is 208 Å². The van der Waals surface area contributed by atoms with Crippen LogP contribution in [0.3, 0.4) is 0 Å². The van der Waals surface area contributed by atoms with Crippen LogP contribution in [0.4, 0.5) is 26.2 Å². The molecule has 1 aliphatic rings. The zero-order valence-corrected chi connectivity index (χ0v) is 21.7. The molecule has 36 heavy (non-hydrogen) atoms. The van der Waals surface area contributed by atoms with E-state index in [0.717, 1.165) is 28.4 Å². The van der Waals surface area contributed by atoms with Gasteiger partial charge in [-0.25, -0.2) is 18.6 Å². The number of halogens is 2. The van der Waals surface area contributed by atoms with Gasteiger partial charge in [0.15, 0.2) is 11.6 Å². The molecular formula is C24H33F2N9O. The van der Waals surface area contributed by atoms with E-state index in [2.05, 4.69) is 70.7 Å². The van der Waals surface area contributed by atoms with Crippen LogP contribution < -0.4 is 16.3 Å². The fourth-order valence-electron chi connectivity index (χ4n) is 4.81. The van der Waals surface area contributed by atoms with Crippen molar-refractivity contribution < 1.29 is 8.78 Å². The van der Waals surface area contributed by atoms with Crippen LogP contribution in [0.2, 0.25) is 0 Å². The lowest BCUT2D eigenvalue weighted by Gasteiger charge is -2.53. The van der Waals surface area contributed by atoms with Crippen LogP contribution in [-0.2, 0) is 0 Å². The van der Waals surface area contributed by atoms with E-state index >= 15 is 0 Å². The molecule has 0 bridgehead atoms. The van der Waals surface area contributed by atoms with E-state index in [1.54, 1.807) is 13.8 Å². The fourth-order valence-corrected chi connectivity index (χ4v) is 4.81. The molecule has 1 aromatic carbocycles. The summed E-state index contributed by atoms with van der Waals surface area (Å²) < 4.78 is 31.3. The summed E-state index contributed by atoms with van der Waals surface area (Å²) in [7, 11) is 2.11. The molecule has 0 amide bonds. The Balaban J connectivity index is 1.57. The highest BCUT2D eigenvalue weighted by molar-refractivity contribution is 5.59. The quantitative estimate of drug-likeness (QED) is 0.524. The normalized spacial score (nSPS) is 17.9. The van der Waals surface area contributed by atoms with Crippen LogP contribution in [0.5, 0.6) is 0 Å². The fraction of sp³-hybridized carbons (Fsp3) is 0.542. The van der Waals surface area contributed by atoms with Gasteiger partial charge in [-0.1, -0.05) is 0 Å². The molecule has 0 aliphatic carbocycles. The van der Waals surface area contributed by atoms with Crippen LogP contribution in [0.25, 0.3) is 5.69 Å². The predicted molar refractivity (Wildman–Crippen MR) is 134 cm³/mol. The Kier molecular flexibility index (Phi) is 6.58. The molecule has 194 valence electrons. The molecule has 3 heterocycles. The van der Waals surface area contributed by atoms with Crippen LogP contribution in [0.1, 0.15) is 60.4 Å². The minimum Gasteiger partial charge on any atom is -0.365 e. The number of tetrazole rings is 1. The van der Waals surface area contributed by atoms with E-state index in [1.807, 2.05) is 0 Å². The molecule has 0 unspecified atom stereocenters. The van der Waals surface area contributed by atoms with Crippen LogP contribution in [-0.4, -0.2) is 58.8 Å². The minimum absolute atomic E-state index is 0.0105. The lowest BCUT2D eigenvalue weighted by molar-refractivity contribution is -0.00778. The number of hydrogen-bond donors (Lipinski definition) is 2. The van der Waals surface area contributed by atoms with E-state index < -0.39 is 17.3 Å². The van der Waals surface area contributed by atoms with Crippen molar-refractivity contribution in [3.8, 4) is 5.69 Å². The molecule has 4 rings (SSSR count). The smallest absolute Gasteiger partial charge is 0.365 e. The third kappa shape index (κ3) is 4.95. The Morgan fingerprint density at radius 3 is 2.33 bits per heavy atom. The Morgan fingerprint density at radius 1 is 1.06 bits per heavy atom. The summed E-state index contributed by atoms with van der Waals surface area (Å²) in [6.45, 7) is 12.2. The second-order valence-electron chi connectivity index (χ2n) is 10.8. The van der Waals surface area contributed by atoms with E-state index in [-0.39, 0.29) is 40.6 Å². The Hall–Kier alpha value is -3.41. The number of hydrogen-bond acceptors (Lipinski definition) is 8. The predicted octanol–water partition coefficient (Wildman–Crippen LogP) is 3.89. The summed E-state index contributed by atoms with van der Waals surface area (Å²) >= 11 is 0. The topological polar surface area (TPSA) is 106 Å². The van der Waals surface area contributed by atoms with E-state index in [9.17, 15) is 13.6 Å². The molecule has 0 spiro atoms. The highest BCUT2D eigenvalue weighted by atomic mass is 19.1. The summed E-state index contributed by atoms with van der Waals surface area (Å²) in [4.78, 5) is 23.3. The number of nitrogens with one attached hydrogen (secondary N) is 2. The van der Waals surface area contributed by atoms with Gasteiger partial charge in [-0.05, 0) is 90.1 Å². The van der Waals surface area contributed by atoms with Gasteiger partial charge in [0.25, 0.3) is 0 Å². The molecule has 0 atom stereocenters. The summed E-state index contributed by atoms with van der Waals surface area (Å²) in [5, 5.41) is 13.8. The van der Waals surface area contributed by atoms with Crippen molar-refractivity contribution in [2.75, 3.05) is 17.7 Å². The molecule has 2 aromatic heterocycles. The van der Waals surface area contributed by atoms with Gasteiger partial charge in [0.2, 0.25) is 5.95 Å². The highest BCUT2D eigenvalue weighted by Gasteiger charge is 2.43. The molecule has 0 radical (unpaired) electrons. The molecular weight excluding hydrogens is 468 g/mol. The Bertz CT molecular complexity index is 1300. The standard InChI is InChI=1S/C24H33F2N9O/c1-14(2)34-22(36)35(32-31-34)19-10-15(8-9-17(19)25)29-21-27-13-18(26)20(30-21)28-16-11-23(3,4)33(7)24(5,6)12-16/h8-10,13-14,16H,11-12H2,1-7H3,(H2,27,28,29,30). The van der Waals surface area contributed by atoms with Crippen molar-refractivity contribution in [3.05, 3.63) is 46.5 Å². The first-order valence-corrected chi connectivity index (χ1v) is 11.9. The molecule has 1 aliphatic heterocycles. The maximum atomic E-state index is 14.6. The zero-order valence-electron chi connectivity index (χ0n) is 21.7. The first-order valence-electron chi connectivity index (χ1n) is 11.9. The number of anilines is 3. The average molecular weight is 502 g/mol. The monoisotopic (exact) mass is 501 g/mol. The number of benzene rings is 1. The number of aromatic nitrogens is 6. The van der Waals surface area contributed by atoms with E-state index in [1.165, 1.54) is 18.2 Å². The van der Waals surface area contributed by atoms with E-state index in [4.69, 9.17) is 0 Å². The number of rotatable bonds is 6. The van der Waals surface area contributed by atoms with E-state index in [0.29, 0.717) is 5.69 Å². The second-order valence-corrected chi connectivity index (χ2v) is 10.8. The van der Waals surface area contributed by atoms with Gasteiger partial charge in [-0.3, -0.25) is 4.90 Å². The number of piperidine rings is 1. The maximum absolute atomic E-state index is 14.6. The van der Waals surface area contributed by atoms with Crippen molar-refractivity contribution in [1.82, 2.24) is 34.7 Å². The summed E-state index contributed by atoms with van der Waals surface area (Å²) in [5.41, 5.74) is -0.396. The van der Waals surface area contributed by atoms with Crippen LogP contribution in [0, 0.1) is 11.6 Å². The van der Waals surface area contributed by atoms with Gasteiger partial charge >= 0.3 is 5.69 Å². The van der Waals surface area contributed by atoms with Gasteiger partial charge in [0.1, 0.15) is 11.5 Å². The summed E-state index contributed by atoms with van der Waals surface area (Å²) in [6, 6.07) is 3.85. The van der Waals surface area contributed by atoms with Crippen molar-refractivity contribution in [3.63, 3.8) is 0 Å². The minimum atomic E-state index is -0.645. The van der Waals surface area contributed by atoms with Crippen molar-refractivity contribution in [2.45, 2.75) is 77.5 Å². The maximum Gasteiger partial charge on any atom is 0.368 e. The van der Waals surface area contributed by atoms with Gasteiger partial charge < -0.3 is 10.6 Å². The van der Waals surface area contributed by atoms with Crippen molar-refractivity contribution >= 4 is 17.5 Å². The third-order valence-corrected chi connectivity index (χ3v) is 6.92. The largest absolute Gasteiger partial charge is 0.368 e. The first kappa shape index (κ1) is 25.7. The third-order valence-electron chi connectivity index (χ3n) is 6.92. The van der Waals surface area contributed by atoms with Gasteiger partial charge in [0.05, 0.1) is 12.2 Å². The average Bonchev–Trinajstić information content (AvgIpc) is 3.16. The molecule has 12 heteroatoms. The van der Waals surface area contributed by atoms with Gasteiger partial charge in [0, 0.05) is 22.8 Å². The van der Waals surface area contributed by atoms with Crippen LogP contribution >= 0.6 is 0 Å². The number of nitrogens with zero attached hydrogens (tertiary/aromatic N) is 7. The second kappa shape index (κ2) is 9.23. The Morgan fingerprint density at radius 2 is 1.72 bits per heavy atom. The SMILES string of the molecule is CC(C)n1nnn(-c2cc(Nc3ncc(F)c(NC4CC(C)(C)N(C)C(C)(C)C4)n3)ccc2F)c1=O. The number of likely N-dealkylation sites (tertiary alicyclic amines) is 1. The molecule has 0 saturated carbocycles. The molecule has 1 saturated heterocycles. The highest BCUT2D eigenvalue weighted by Crippen LogP contribution is 2.38. The molecule has 3 aromatic rings. The van der Waals surface area contributed by atoms with Crippen molar-refractivity contribution in [1.29, 1.82) is 0 Å². The zero-order chi connectivity index (χ0) is 26.4. The van der Waals surface area contributed by atoms with Gasteiger partial charge in [-0.2, -0.15) is 14.3 Å². The summed E-state index contributed by atoms with van der Waals surface area (Å²) in [5.74, 6) is -0.992. The molecule has 10 nitrogen and oxygen atoms in total.